The Hall–Kier alpha value is -2.41. The number of H-pyrrole nitrogens is 1. The van der Waals surface area contributed by atoms with Crippen molar-refractivity contribution in [2.24, 2.45) is 0 Å². The highest BCUT2D eigenvalue weighted by atomic mass is 32.1. The number of carbonyl (C=O) groups is 1. The van der Waals surface area contributed by atoms with Gasteiger partial charge >= 0.3 is 4.87 Å². The summed E-state index contributed by atoms with van der Waals surface area (Å²) < 4.78 is 1.68. The van der Waals surface area contributed by atoms with Crippen molar-refractivity contribution < 1.29 is 4.79 Å². The van der Waals surface area contributed by atoms with Gasteiger partial charge in [-0.1, -0.05) is 23.5 Å². The molecule has 0 bridgehead atoms. The van der Waals surface area contributed by atoms with Crippen molar-refractivity contribution in [1.82, 2.24) is 19.4 Å². The average molecular weight is 356 g/mol. The normalized spacial score (nSPS) is 17.5. The van der Waals surface area contributed by atoms with E-state index in [0.717, 1.165) is 41.9 Å². The fourth-order valence-corrected chi connectivity index (χ4v) is 4.27. The van der Waals surface area contributed by atoms with Crippen LogP contribution in [0.1, 0.15) is 36.8 Å². The molecule has 3 aromatic rings. The van der Waals surface area contributed by atoms with E-state index >= 15 is 0 Å². The number of para-hydroxylation sites is 2. The molecule has 25 heavy (non-hydrogen) atoms. The topological polar surface area (TPSA) is 71.0 Å². The van der Waals surface area contributed by atoms with Crippen molar-refractivity contribution in [1.29, 1.82) is 0 Å². The number of rotatable bonds is 4. The molecule has 1 aliphatic rings. The van der Waals surface area contributed by atoms with E-state index in [-0.39, 0.29) is 16.8 Å². The molecular formula is C18H20N4O2S. The van der Waals surface area contributed by atoms with Crippen molar-refractivity contribution in [3.63, 3.8) is 0 Å². The number of aryl methyl sites for hydroxylation is 1. The third kappa shape index (κ3) is 3.00. The maximum Gasteiger partial charge on any atom is 0.307 e. The number of aromatic amines is 1. The van der Waals surface area contributed by atoms with E-state index in [2.05, 4.69) is 9.97 Å². The molecule has 1 N–H and O–H groups in total. The number of thiazole rings is 1. The molecule has 1 aromatic carbocycles. The molecule has 1 aliphatic heterocycles. The molecule has 0 saturated carbocycles. The van der Waals surface area contributed by atoms with Crippen LogP contribution in [0.3, 0.4) is 0 Å². The van der Waals surface area contributed by atoms with E-state index in [1.807, 2.05) is 41.5 Å². The molecular weight excluding hydrogens is 336 g/mol. The molecule has 3 heterocycles. The zero-order valence-corrected chi connectivity index (χ0v) is 14.9. The van der Waals surface area contributed by atoms with Crippen molar-refractivity contribution in [2.45, 2.75) is 38.8 Å². The molecule has 6 nitrogen and oxygen atoms in total. The quantitative estimate of drug-likeness (QED) is 0.781. The monoisotopic (exact) mass is 356 g/mol. The first-order valence-electron chi connectivity index (χ1n) is 8.52. The molecule has 1 fully saturated rings. The van der Waals surface area contributed by atoms with E-state index in [0.29, 0.717) is 13.0 Å². The third-order valence-electron chi connectivity index (χ3n) is 4.82. The van der Waals surface area contributed by atoms with Gasteiger partial charge in [-0.3, -0.25) is 9.59 Å². The van der Waals surface area contributed by atoms with Gasteiger partial charge in [-0.15, -0.1) is 0 Å². The molecule has 1 amide bonds. The van der Waals surface area contributed by atoms with Crippen molar-refractivity contribution in [3.8, 4) is 0 Å². The summed E-state index contributed by atoms with van der Waals surface area (Å²) in [7, 11) is 0. The average Bonchev–Trinajstić information content (AvgIpc) is 3.31. The van der Waals surface area contributed by atoms with Crippen molar-refractivity contribution in [3.05, 3.63) is 50.8 Å². The summed E-state index contributed by atoms with van der Waals surface area (Å²) in [6.45, 7) is 3.09. The van der Waals surface area contributed by atoms with Gasteiger partial charge in [0.05, 0.1) is 17.1 Å². The Balaban J connectivity index is 1.50. The Morgan fingerprint density at radius 3 is 3.00 bits per heavy atom. The molecule has 4 rings (SSSR count). The van der Waals surface area contributed by atoms with Crippen molar-refractivity contribution >= 4 is 28.3 Å². The number of benzene rings is 1. The summed E-state index contributed by atoms with van der Waals surface area (Å²) in [5.74, 6) is 0.941. The summed E-state index contributed by atoms with van der Waals surface area (Å²) in [5.41, 5.74) is 2.84. The maximum atomic E-state index is 12.7. The summed E-state index contributed by atoms with van der Waals surface area (Å²) in [5, 5.41) is 1.83. The smallest absolute Gasteiger partial charge is 0.307 e. The van der Waals surface area contributed by atoms with E-state index in [1.54, 1.807) is 4.57 Å². The zero-order chi connectivity index (χ0) is 17.4. The first kappa shape index (κ1) is 16.1. The largest absolute Gasteiger partial charge is 0.340 e. The van der Waals surface area contributed by atoms with Gasteiger partial charge in [-0.2, -0.15) is 0 Å². The zero-order valence-electron chi connectivity index (χ0n) is 14.1. The molecule has 0 aliphatic carbocycles. The van der Waals surface area contributed by atoms with E-state index in [1.165, 1.54) is 11.3 Å². The summed E-state index contributed by atoms with van der Waals surface area (Å²) in [6.07, 6.45) is 2.24. The highest BCUT2D eigenvalue weighted by Crippen LogP contribution is 2.31. The van der Waals surface area contributed by atoms with Gasteiger partial charge in [0.15, 0.2) is 0 Å². The lowest BCUT2D eigenvalue weighted by Gasteiger charge is -2.23. The van der Waals surface area contributed by atoms with Crippen LogP contribution in [0.15, 0.2) is 34.4 Å². The molecule has 0 unspecified atom stereocenters. The Morgan fingerprint density at radius 2 is 2.24 bits per heavy atom. The van der Waals surface area contributed by atoms with Crippen LogP contribution in [-0.2, 0) is 11.3 Å². The van der Waals surface area contributed by atoms with Crippen LogP contribution in [0.25, 0.3) is 11.0 Å². The highest BCUT2D eigenvalue weighted by Gasteiger charge is 2.31. The standard InChI is InChI=1S/C18H20N4O2S/c1-12-11-25-18(24)21(12)10-8-16(23)22-9-4-7-15(22)17-19-13-5-2-3-6-14(13)20-17/h2-3,5-6,11,15H,4,7-10H2,1H3,(H,19,20)/t15-/m0/s1. The second kappa shape index (κ2) is 6.48. The van der Waals surface area contributed by atoms with Crippen LogP contribution in [0.2, 0.25) is 0 Å². The van der Waals surface area contributed by atoms with Crippen LogP contribution in [-0.4, -0.2) is 31.9 Å². The second-order valence-electron chi connectivity index (χ2n) is 6.43. The molecule has 1 saturated heterocycles. The Morgan fingerprint density at radius 1 is 1.40 bits per heavy atom. The van der Waals surface area contributed by atoms with Gasteiger partial charge in [-0.05, 0) is 31.9 Å². The molecule has 130 valence electrons. The number of amides is 1. The van der Waals surface area contributed by atoms with Crippen LogP contribution in [0.5, 0.6) is 0 Å². The maximum absolute atomic E-state index is 12.7. The predicted octanol–water partition coefficient (Wildman–Crippen LogP) is 2.85. The number of carbonyl (C=O) groups excluding carboxylic acids is 1. The van der Waals surface area contributed by atoms with Crippen LogP contribution < -0.4 is 4.87 Å². The summed E-state index contributed by atoms with van der Waals surface area (Å²) in [6, 6.07) is 7.91. The fraction of sp³-hybridized carbons (Fsp3) is 0.389. The number of imidazole rings is 1. The van der Waals surface area contributed by atoms with Gasteiger partial charge < -0.3 is 14.5 Å². The lowest BCUT2D eigenvalue weighted by molar-refractivity contribution is -0.132. The van der Waals surface area contributed by atoms with E-state index in [4.69, 9.17) is 0 Å². The number of hydrogen-bond acceptors (Lipinski definition) is 4. The Labute approximate surface area is 149 Å². The van der Waals surface area contributed by atoms with Crippen LogP contribution >= 0.6 is 11.3 Å². The predicted molar refractivity (Wildman–Crippen MR) is 97.7 cm³/mol. The third-order valence-corrected chi connectivity index (χ3v) is 5.70. The molecule has 1 atom stereocenters. The molecule has 2 aromatic heterocycles. The minimum Gasteiger partial charge on any atom is -0.340 e. The van der Waals surface area contributed by atoms with Crippen LogP contribution in [0.4, 0.5) is 0 Å². The van der Waals surface area contributed by atoms with Gasteiger partial charge in [0, 0.05) is 30.6 Å². The van der Waals surface area contributed by atoms with Gasteiger partial charge in [0.1, 0.15) is 5.82 Å². The molecule has 7 heteroatoms. The molecule has 0 radical (unpaired) electrons. The van der Waals surface area contributed by atoms with Gasteiger partial charge in [0.2, 0.25) is 5.91 Å². The number of nitrogens with one attached hydrogen (secondary N) is 1. The van der Waals surface area contributed by atoms with E-state index in [9.17, 15) is 9.59 Å². The molecule has 0 spiro atoms. The number of nitrogens with zero attached hydrogens (tertiary/aromatic N) is 3. The minimum atomic E-state index is 0.000179. The number of fused-ring (bicyclic) bond motifs is 1. The Kier molecular flexibility index (Phi) is 4.17. The lowest BCUT2D eigenvalue weighted by Crippen LogP contribution is -2.32. The number of likely N-dealkylation sites (tertiary alicyclic amines) is 1. The second-order valence-corrected chi connectivity index (χ2v) is 7.25. The van der Waals surface area contributed by atoms with Crippen molar-refractivity contribution in [2.75, 3.05) is 6.54 Å². The van der Waals surface area contributed by atoms with E-state index < -0.39 is 0 Å². The Bertz CT molecular complexity index is 938. The number of hydrogen-bond donors (Lipinski definition) is 1. The first-order valence-corrected chi connectivity index (χ1v) is 9.40. The lowest BCUT2D eigenvalue weighted by atomic mass is 10.2. The summed E-state index contributed by atoms with van der Waals surface area (Å²) in [4.78, 5) is 34.5. The summed E-state index contributed by atoms with van der Waals surface area (Å²) >= 11 is 1.18. The highest BCUT2D eigenvalue weighted by molar-refractivity contribution is 7.07. The van der Waals surface area contributed by atoms with Crippen LogP contribution in [0, 0.1) is 6.92 Å². The SMILES string of the molecule is Cc1csc(=O)n1CCC(=O)N1CCC[C@H]1c1nc2ccccc2[nH]1. The minimum absolute atomic E-state index is 0.000179. The fourth-order valence-electron chi connectivity index (χ4n) is 3.51. The van der Waals surface area contributed by atoms with Gasteiger partial charge in [0.25, 0.3) is 0 Å². The first-order chi connectivity index (χ1) is 12.1. The van der Waals surface area contributed by atoms with Gasteiger partial charge in [-0.25, -0.2) is 4.98 Å². The number of aromatic nitrogens is 3.